The molecule has 0 rings (SSSR count). The lowest BCUT2D eigenvalue weighted by atomic mass is 10.1. The topological polar surface area (TPSA) is 109 Å². The Kier molecular flexibility index (Phi) is 8.53. The van der Waals surface area contributed by atoms with E-state index >= 15 is 0 Å². The Hall–Kier alpha value is -0.980. The van der Waals surface area contributed by atoms with E-state index in [2.05, 4.69) is 10.0 Å². The molecule has 0 fully saturated rings. The molecule has 9 heteroatoms. The fourth-order valence-electron chi connectivity index (χ4n) is 1.42. The molecule has 0 aliphatic carbocycles. The molecule has 0 radical (unpaired) electrons. The summed E-state index contributed by atoms with van der Waals surface area (Å²) in [4.78, 5) is 13.2. The van der Waals surface area contributed by atoms with Crippen LogP contribution in [0, 0.1) is 0 Å². The van der Waals surface area contributed by atoms with E-state index in [0.717, 1.165) is 12.7 Å². The number of sulfone groups is 1. The van der Waals surface area contributed by atoms with Crippen LogP contribution in [0.3, 0.4) is 0 Å². The molecule has 0 aromatic heterocycles. The first-order valence-electron chi connectivity index (χ1n) is 5.40. The molecule has 0 aliphatic heterocycles. The summed E-state index contributed by atoms with van der Waals surface area (Å²) >= 11 is 5.07. The van der Waals surface area contributed by atoms with Crippen molar-refractivity contribution in [3.8, 4) is 0 Å². The Bertz CT molecular complexity index is 406. The molecule has 0 bridgehead atoms. The van der Waals surface area contributed by atoms with Gasteiger partial charge in [0.05, 0.1) is 5.75 Å². The third-order valence-electron chi connectivity index (χ3n) is 2.10. The maximum atomic E-state index is 11.1. The van der Waals surface area contributed by atoms with Gasteiger partial charge in [-0.2, -0.15) is 0 Å². The van der Waals surface area contributed by atoms with Crippen molar-refractivity contribution in [1.82, 2.24) is 0 Å². The summed E-state index contributed by atoms with van der Waals surface area (Å²) in [7, 11) is -3.22. The number of carbonyl (C=O) groups excluding carboxylic acids is 1. The average Bonchev–Trinajstić information content (AvgIpc) is 2.19. The summed E-state index contributed by atoms with van der Waals surface area (Å²) in [5.41, 5.74) is 7.06. The SMILES string of the molecule is CS(=O)(=O)CC(CCCCCN=[N+]=[N-])OC(=O)Cl. The number of nitrogens with zero attached hydrogens (tertiary/aromatic N) is 3. The zero-order chi connectivity index (χ0) is 14.0. The lowest BCUT2D eigenvalue weighted by molar-refractivity contribution is 0.126. The fraction of sp³-hybridized carbons (Fsp3) is 0.889. The Morgan fingerprint density at radius 2 is 2.11 bits per heavy atom. The maximum absolute atomic E-state index is 11.1. The molecule has 0 N–H and O–H groups in total. The number of hydrogen-bond donors (Lipinski definition) is 0. The minimum absolute atomic E-state index is 0.234. The van der Waals surface area contributed by atoms with E-state index in [9.17, 15) is 13.2 Å². The molecule has 1 unspecified atom stereocenters. The van der Waals surface area contributed by atoms with Gasteiger partial charge in [-0.3, -0.25) is 0 Å². The molecule has 0 heterocycles. The van der Waals surface area contributed by atoms with Crippen LogP contribution >= 0.6 is 11.6 Å². The van der Waals surface area contributed by atoms with Gasteiger partial charge in [-0.05, 0) is 24.8 Å². The van der Waals surface area contributed by atoms with Crippen LogP contribution in [0.5, 0.6) is 0 Å². The average molecular weight is 298 g/mol. The van der Waals surface area contributed by atoms with Gasteiger partial charge in [-0.15, -0.1) is 0 Å². The van der Waals surface area contributed by atoms with Crippen LogP contribution in [0.2, 0.25) is 0 Å². The Balaban J connectivity index is 4.01. The highest BCUT2D eigenvalue weighted by Gasteiger charge is 2.18. The number of rotatable bonds is 9. The van der Waals surface area contributed by atoms with Crippen LogP contribution < -0.4 is 0 Å². The largest absolute Gasteiger partial charge is 0.449 e. The normalized spacial score (nSPS) is 12.6. The van der Waals surface area contributed by atoms with Gasteiger partial charge in [-0.25, -0.2) is 13.2 Å². The van der Waals surface area contributed by atoms with E-state index < -0.39 is 21.4 Å². The number of hydrogen-bond acceptors (Lipinski definition) is 5. The molecule has 0 spiro atoms. The van der Waals surface area contributed by atoms with Crippen LogP contribution in [0.1, 0.15) is 25.7 Å². The molecular weight excluding hydrogens is 282 g/mol. The molecule has 104 valence electrons. The van der Waals surface area contributed by atoms with Crippen LogP contribution in [0.15, 0.2) is 5.11 Å². The molecule has 0 aliphatic rings. The molecule has 1 atom stereocenters. The summed E-state index contributed by atoms with van der Waals surface area (Å²) in [6, 6.07) is 0. The second-order valence-electron chi connectivity index (χ2n) is 3.87. The highest BCUT2D eigenvalue weighted by atomic mass is 35.5. The Labute approximate surface area is 111 Å². The van der Waals surface area contributed by atoms with E-state index in [1.165, 1.54) is 0 Å². The summed E-state index contributed by atoms with van der Waals surface area (Å²) in [6.45, 7) is 0.405. The standard InChI is InChI=1S/C9H16ClN3O4S/c1-18(15,16)7-8(17-9(10)14)5-3-2-4-6-12-13-11/h8H,2-7H2,1H3. The van der Waals surface area contributed by atoms with Crippen molar-refractivity contribution in [3.05, 3.63) is 10.4 Å². The second-order valence-corrected chi connectivity index (χ2v) is 6.37. The van der Waals surface area contributed by atoms with Crippen molar-refractivity contribution < 1.29 is 17.9 Å². The van der Waals surface area contributed by atoms with E-state index in [-0.39, 0.29) is 5.75 Å². The molecule has 0 aromatic rings. The predicted molar refractivity (Wildman–Crippen MR) is 68.3 cm³/mol. The second kappa shape index (κ2) is 9.02. The van der Waals surface area contributed by atoms with E-state index in [4.69, 9.17) is 21.9 Å². The van der Waals surface area contributed by atoms with Crippen molar-refractivity contribution >= 4 is 26.9 Å². The third kappa shape index (κ3) is 11.5. The van der Waals surface area contributed by atoms with Gasteiger partial charge in [0.2, 0.25) is 0 Å². The van der Waals surface area contributed by atoms with Crippen molar-refractivity contribution in [1.29, 1.82) is 0 Å². The first-order chi connectivity index (χ1) is 8.35. The van der Waals surface area contributed by atoms with Crippen LogP contribution in [-0.2, 0) is 14.6 Å². The van der Waals surface area contributed by atoms with E-state index in [1.54, 1.807) is 0 Å². The number of unbranched alkanes of at least 4 members (excludes halogenated alkanes) is 2. The third-order valence-corrected chi connectivity index (χ3v) is 3.16. The van der Waals surface area contributed by atoms with Crippen molar-refractivity contribution in [3.63, 3.8) is 0 Å². The fourth-order valence-corrected chi connectivity index (χ4v) is 2.46. The number of ether oxygens (including phenoxy) is 1. The van der Waals surface area contributed by atoms with Crippen molar-refractivity contribution in [2.24, 2.45) is 5.11 Å². The van der Waals surface area contributed by atoms with Gasteiger partial charge in [-0.1, -0.05) is 11.5 Å². The zero-order valence-corrected chi connectivity index (χ0v) is 11.7. The van der Waals surface area contributed by atoms with Gasteiger partial charge < -0.3 is 4.74 Å². The number of azide groups is 1. The first-order valence-corrected chi connectivity index (χ1v) is 7.83. The van der Waals surface area contributed by atoms with Crippen molar-refractivity contribution in [2.75, 3.05) is 18.6 Å². The molecule has 0 saturated carbocycles. The van der Waals surface area contributed by atoms with Gasteiger partial charge >= 0.3 is 5.43 Å². The van der Waals surface area contributed by atoms with E-state index in [0.29, 0.717) is 25.8 Å². The lowest BCUT2D eigenvalue weighted by Crippen LogP contribution is -2.24. The quantitative estimate of drug-likeness (QED) is 0.214. The van der Waals surface area contributed by atoms with Crippen LogP contribution in [0.25, 0.3) is 10.4 Å². The predicted octanol–water partition coefficient (Wildman–Crippen LogP) is 2.65. The molecule has 7 nitrogen and oxygen atoms in total. The Morgan fingerprint density at radius 3 is 2.61 bits per heavy atom. The van der Waals surface area contributed by atoms with Gasteiger partial charge in [0, 0.05) is 29.3 Å². The van der Waals surface area contributed by atoms with Crippen LogP contribution in [0.4, 0.5) is 4.79 Å². The minimum Gasteiger partial charge on any atom is -0.449 e. The van der Waals surface area contributed by atoms with Gasteiger partial charge in [0.25, 0.3) is 0 Å². The monoisotopic (exact) mass is 297 g/mol. The highest BCUT2D eigenvalue weighted by molar-refractivity contribution is 7.90. The Morgan fingerprint density at radius 1 is 1.44 bits per heavy atom. The summed E-state index contributed by atoms with van der Waals surface area (Å²) in [5.74, 6) is -0.234. The van der Waals surface area contributed by atoms with Crippen molar-refractivity contribution in [2.45, 2.75) is 31.8 Å². The molecule has 0 aromatic carbocycles. The molecule has 18 heavy (non-hydrogen) atoms. The lowest BCUT2D eigenvalue weighted by Gasteiger charge is -2.14. The summed E-state index contributed by atoms with van der Waals surface area (Å²) in [6.07, 6.45) is 2.92. The van der Waals surface area contributed by atoms with Crippen LogP contribution in [-0.4, -0.2) is 38.5 Å². The van der Waals surface area contributed by atoms with E-state index in [1.807, 2.05) is 0 Å². The number of carbonyl (C=O) groups is 1. The molecule has 0 saturated heterocycles. The smallest absolute Gasteiger partial charge is 0.404 e. The zero-order valence-electron chi connectivity index (χ0n) is 10.1. The molecule has 0 amide bonds. The summed E-state index contributed by atoms with van der Waals surface area (Å²) in [5, 5.41) is 3.37. The maximum Gasteiger partial charge on any atom is 0.404 e. The molecular formula is C9H16ClN3O4S. The van der Waals surface area contributed by atoms with Gasteiger partial charge in [0.15, 0.2) is 9.84 Å². The van der Waals surface area contributed by atoms with Gasteiger partial charge in [0.1, 0.15) is 6.10 Å². The first kappa shape index (κ1) is 17.0. The highest BCUT2D eigenvalue weighted by Crippen LogP contribution is 2.11. The number of halogens is 1. The minimum atomic E-state index is -3.22. The summed E-state index contributed by atoms with van der Waals surface area (Å²) < 4.78 is 26.9.